The molecule has 0 spiro atoms. The highest BCUT2D eigenvalue weighted by atomic mass is 19.3. The average Bonchev–Trinajstić information content (AvgIpc) is 3.15. The van der Waals surface area contributed by atoms with Crippen LogP contribution in [0.4, 0.5) is 13.6 Å². The smallest absolute Gasteiger partial charge is 0.408 e. The van der Waals surface area contributed by atoms with Gasteiger partial charge in [-0.25, -0.2) is 23.1 Å². The third-order valence-electron chi connectivity index (χ3n) is 5.29. The SMILES string of the molecule is O=C(N[C@H](c1cn2ncccc2n1)C1CCC(F)(F)CC1)OCc1ccccc1. The van der Waals surface area contributed by atoms with Crippen molar-refractivity contribution < 1.29 is 18.3 Å². The molecule has 152 valence electrons. The predicted molar refractivity (Wildman–Crippen MR) is 102 cm³/mol. The Bertz CT molecular complexity index is 934. The summed E-state index contributed by atoms with van der Waals surface area (Å²) in [6.07, 6.45) is 2.98. The number of amides is 1. The zero-order chi connectivity index (χ0) is 20.3. The van der Waals surface area contributed by atoms with Crippen LogP contribution in [0.15, 0.2) is 54.9 Å². The fourth-order valence-electron chi connectivity index (χ4n) is 3.72. The van der Waals surface area contributed by atoms with Crippen molar-refractivity contribution in [2.75, 3.05) is 0 Å². The molecule has 0 radical (unpaired) electrons. The number of benzene rings is 1. The number of hydrogen-bond acceptors (Lipinski definition) is 4. The van der Waals surface area contributed by atoms with Crippen molar-refractivity contribution in [2.24, 2.45) is 5.92 Å². The third kappa shape index (κ3) is 4.70. The summed E-state index contributed by atoms with van der Waals surface area (Å²) < 4.78 is 34.2. The van der Waals surface area contributed by atoms with Gasteiger partial charge in [0.2, 0.25) is 5.92 Å². The molecule has 0 aliphatic heterocycles. The Morgan fingerprint density at radius 2 is 1.97 bits per heavy atom. The molecule has 6 nitrogen and oxygen atoms in total. The Morgan fingerprint density at radius 1 is 1.21 bits per heavy atom. The quantitative estimate of drug-likeness (QED) is 0.684. The number of carbonyl (C=O) groups excluding carboxylic acids is 1. The summed E-state index contributed by atoms with van der Waals surface area (Å²) in [7, 11) is 0. The fourth-order valence-corrected chi connectivity index (χ4v) is 3.72. The van der Waals surface area contributed by atoms with E-state index in [-0.39, 0.29) is 25.4 Å². The Morgan fingerprint density at radius 3 is 2.69 bits per heavy atom. The van der Waals surface area contributed by atoms with Crippen LogP contribution in [0.2, 0.25) is 0 Å². The van der Waals surface area contributed by atoms with Crippen molar-refractivity contribution in [3.8, 4) is 0 Å². The van der Waals surface area contributed by atoms with Gasteiger partial charge >= 0.3 is 6.09 Å². The molecule has 4 rings (SSSR count). The predicted octanol–water partition coefficient (Wildman–Crippen LogP) is 4.52. The first-order valence-electron chi connectivity index (χ1n) is 9.65. The number of carbonyl (C=O) groups is 1. The van der Waals surface area contributed by atoms with Gasteiger partial charge in [-0.15, -0.1) is 0 Å². The van der Waals surface area contributed by atoms with Gasteiger partial charge < -0.3 is 10.1 Å². The van der Waals surface area contributed by atoms with E-state index in [0.29, 0.717) is 24.2 Å². The molecule has 8 heteroatoms. The molecule has 1 aromatic carbocycles. The topological polar surface area (TPSA) is 68.5 Å². The highest BCUT2D eigenvalue weighted by molar-refractivity contribution is 5.68. The van der Waals surface area contributed by atoms with Crippen LogP contribution in [0.1, 0.15) is 43.0 Å². The van der Waals surface area contributed by atoms with Crippen LogP contribution < -0.4 is 5.32 Å². The lowest BCUT2D eigenvalue weighted by Crippen LogP contribution is -2.37. The van der Waals surface area contributed by atoms with E-state index in [9.17, 15) is 13.6 Å². The minimum Gasteiger partial charge on any atom is -0.445 e. The number of aromatic nitrogens is 3. The molecular formula is C21H22F2N4O2. The second-order valence-corrected chi connectivity index (χ2v) is 7.37. The molecule has 1 aliphatic rings. The van der Waals surface area contributed by atoms with Gasteiger partial charge in [0.25, 0.3) is 0 Å². The molecule has 1 fully saturated rings. The second-order valence-electron chi connectivity index (χ2n) is 7.37. The lowest BCUT2D eigenvalue weighted by atomic mass is 9.81. The molecule has 1 saturated carbocycles. The number of alkyl carbamates (subject to hydrolysis) is 1. The van der Waals surface area contributed by atoms with Crippen LogP contribution in [-0.4, -0.2) is 26.6 Å². The van der Waals surface area contributed by atoms with Crippen LogP contribution in [-0.2, 0) is 11.3 Å². The summed E-state index contributed by atoms with van der Waals surface area (Å²) in [5, 5.41) is 7.05. The van der Waals surface area contributed by atoms with Crippen molar-refractivity contribution >= 4 is 11.7 Å². The van der Waals surface area contributed by atoms with Crippen LogP contribution in [0.25, 0.3) is 5.65 Å². The summed E-state index contributed by atoms with van der Waals surface area (Å²) in [5.41, 5.74) is 2.09. The summed E-state index contributed by atoms with van der Waals surface area (Å²) >= 11 is 0. The molecule has 0 unspecified atom stereocenters. The minimum atomic E-state index is -2.64. The maximum Gasteiger partial charge on any atom is 0.408 e. The number of imidazole rings is 1. The Labute approximate surface area is 166 Å². The Kier molecular flexibility index (Phi) is 5.42. The van der Waals surface area contributed by atoms with Gasteiger partial charge in [-0.05, 0) is 36.5 Å². The Balaban J connectivity index is 1.50. The zero-order valence-corrected chi connectivity index (χ0v) is 15.8. The molecule has 3 aromatic rings. The van der Waals surface area contributed by atoms with Gasteiger partial charge in [0, 0.05) is 19.0 Å². The fraction of sp³-hybridized carbons (Fsp3) is 0.381. The lowest BCUT2D eigenvalue weighted by Gasteiger charge is -2.33. The number of fused-ring (bicyclic) bond motifs is 1. The number of hydrogen-bond donors (Lipinski definition) is 1. The molecular weight excluding hydrogens is 378 g/mol. The van der Waals surface area contributed by atoms with E-state index in [0.717, 1.165) is 5.56 Å². The monoisotopic (exact) mass is 400 g/mol. The largest absolute Gasteiger partial charge is 0.445 e. The van der Waals surface area contributed by atoms with Crippen molar-refractivity contribution in [2.45, 2.75) is 44.3 Å². The standard InChI is InChI=1S/C21H22F2N4O2/c22-21(23)10-8-16(9-11-21)19(17-13-27-18(25-17)7-4-12-24-27)26-20(28)29-14-15-5-2-1-3-6-15/h1-7,12-13,16,19H,8-11,14H2,(H,26,28)/t19-/m0/s1. The van der Waals surface area contributed by atoms with Crippen molar-refractivity contribution in [3.05, 3.63) is 66.1 Å². The first kappa shape index (κ1) is 19.3. The Hall–Kier alpha value is -3.03. The maximum atomic E-state index is 13.6. The molecule has 0 saturated heterocycles. The van der Waals surface area contributed by atoms with Crippen molar-refractivity contribution in [3.63, 3.8) is 0 Å². The minimum absolute atomic E-state index is 0.134. The summed E-state index contributed by atoms with van der Waals surface area (Å²) in [4.78, 5) is 17.0. The van der Waals surface area contributed by atoms with Crippen molar-refractivity contribution in [1.29, 1.82) is 0 Å². The summed E-state index contributed by atoms with van der Waals surface area (Å²) in [6, 6.07) is 12.4. The maximum absolute atomic E-state index is 13.6. The van der Waals surface area contributed by atoms with E-state index < -0.39 is 18.1 Å². The highest BCUT2D eigenvalue weighted by Crippen LogP contribution is 2.41. The molecule has 1 amide bonds. The van der Waals surface area contributed by atoms with Gasteiger partial charge in [-0.3, -0.25) is 0 Å². The van der Waals surface area contributed by atoms with Gasteiger partial charge in [0.05, 0.1) is 17.9 Å². The van der Waals surface area contributed by atoms with E-state index in [1.807, 2.05) is 30.3 Å². The first-order valence-corrected chi connectivity index (χ1v) is 9.65. The van der Waals surface area contributed by atoms with Crippen LogP contribution in [0.5, 0.6) is 0 Å². The van der Waals surface area contributed by atoms with Gasteiger partial charge in [0.15, 0.2) is 5.65 Å². The van der Waals surface area contributed by atoms with Gasteiger partial charge in [-0.1, -0.05) is 30.3 Å². The van der Waals surface area contributed by atoms with E-state index in [2.05, 4.69) is 15.4 Å². The van der Waals surface area contributed by atoms with Gasteiger partial charge in [0.1, 0.15) is 6.61 Å². The van der Waals surface area contributed by atoms with Crippen LogP contribution in [0.3, 0.4) is 0 Å². The lowest BCUT2D eigenvalue weighted by molar-refractivity contribution is -0.0497. The summed E-state index contributed by atoms with van der Waals surface area (Å²) in [5.74, 6) is -2.79. The van der Waals surface area contributed by atoms with Crippen molar-refractivity contribution in [1.82, 2.24) is 19.9 Å². The first-order chi connectivity index (χ1) is 14.0. The average molecular weight is 400 g/mol. The molecule has 1 atom stereocenters. The number of halogens is 2. The second kappa shape index (κ2) is 8.14. The number of nitrogens with one attached hydrogen (secondary N) is 1. The zero-order valence-electron chi connectivity index (χ0n) is 15.8. The molecule has 2 aromatic heterocycles. The van der Waals surface area contributed by atoms with E-state index in [1.54, 1.807) is 29.0 Å². The number of alkyl halides is 2. The molecule has 29 heavy (non-hydrogen) atoms. The highest BCUT2D eigenvalue weighted by Gasteiger charge is 2.39. The molecule has 1 N–H and O–H groups in total. The van der Waals surface area contributed by atoms with E-state index in [1.165, 1.54) is 0 Å². The van der Waals surface area contributed by atoms with Gasteiger partial charge in [-0.2, -0.15) is 5.10 Å². The van der Waals surface area contributed by atoms with E-state index >= 15 is 0 Å². The number of ether oxygens (including phenoxy) is 1. The number of rotatable bonds is 5. The normalized spacial score (nSPS) is 17.7. The molecule has 1 aliphatic carbocycles. The molecule has 0 bridgehead atoms. The van der Waals surface area contributed by atoms with E-state index in [4.69, 9.17) is 4.74 Å². The number of nitrogens with zero attached hydrogens (tertiary/aromatic N) is 3. The van der Waals surface area contributed by atoms with Crippen LogP contribution in [0, 0.1) is 5.92 Å². The summed E-state index contributed by atoms with van der Waals surface area (Å²) in [6.45, 7) is 0.134. The molecule has 2 heterocycles. The van der Waals surface area contributed by atoms with Crippen LogP contribution >= 0.6 is 0 Å². The third-order valence-corrected chi connectivity index (χ3v) is 5.29.